The maximum atomic E-state index is 2.52. The molecule has 0 atom stereocenters. The van der Waals surface area contributed by atoms with Crippen LogP contribution in [0.5, 0.6) is 0 Å². The van der Waals surface area contributed by atoms with Crippen LogP contribution in [-0.2, 0) is 0 Å². The van der Waals surface area contributed by atoms with Crippen molar-refractivity contribution < 1.29 is 0 Å². The third-order valence-electron chi connectivity index (χ3n) is 4.47. The number of rotatable bonds is 2. The van der Waals surface area contributed by atoms with Gasteiger partial charge in [-0.25, -0.2) is 0 Å². The van der Waals surface area contributed by atoms with Crippen LogP contribution in [0.4, 0.5) is 5.69 Å². The van der Waals surface area contributed by atoms with Crippen LogP contribution in [0.25, 0.3) is 0 Å². The lowest BCUT2D eigenvalue weighted by Crippen LogP contribution is -2.32. The second-order valence-electron chi connectivity index (χ2n) is 6.11. The maximum Gasteiger partial charge on any atom is 0.0944 e. The van der Waals surface area contributed by atoms with Crippen molar-refractivity contribution in [1.29, 1.82) is 0 Å². The van der Waals surface area contributed by atoms with Crippen molar-refractivity contribution in [3.63, 3.8) is 0 Å². The molecule has 3 rings (SSSR count). The van der Waals surface area contributed by atoms with Gasteiger partial charge in [-0.2, -0.15) is 0 Å². The van der Waals surface area contributed by atoms with Gasteiger partial charge in [0.05, 0.1) is 6.67 Å². The molecule has 2 nitrogen and oxygen atoms in total. The quantitative estimate of drug-likeness (QED) is 0.790. The average molecular weight is 293 g/mol. The molecule has 1 aliphatic heterocycles. The van der Waals surface area contributed by atoms with E-state index in [1.54, 1.807) is 0 Å². The number of aryl methyl sites for hydroxylation is 3. The van der Waals surface area contributed by atoms with E-state index in [2.05, 4.69) is 55.1 Å². The zero-order valence-corrected chi connectivity index (χ0v) is 13.5. The second-order valence-corrected chi connectivity index (χ2v) is 6.11. The Bertz CT molecular complexity index is 481. The summed E-state index contributed by atoms with van der Waals surface area (Å²) in [5.41, 5.74) is 5.52. The van der Waals surface area contributed by atoms with Crippen LogP contribution in [0, 0.1) is 20.8 Å². The van der Waals surface area contributed by atoms with E-state index >= 15 is 0 Å². The summed E-state index contributed by atoms with van der Waals surface area (Å²) in [6.07, 6.45) is 10.1. The van der Waals surface area contributed by atoms with Gasteiger partial charge in [0.2, 0.25) is 0 Å². The van der Waals surface area contributed by atoms with E-state index in [0.29, 0.717) is 0 Å². The lowest BCUT2D eigenvalue weighted by Gasteiger charge is -2.28. The molecule has 20 heavy (non-hydrogen) atoms. The van der Waals surface area contributed by atoms with Gasteiger partial charge in [-0.15, -0.1) is 12.4 Å². The van der Waals surface area contributed by atoms with Crippen LogP contribution in [-0.4, -0.2) is 17.6 Å². The Kier molecular flexibility index (Phi) is 4.64. The average Bonchev–Trinajstić information content (AvgIpc) is 2.97. The SMILES string of the molecule is Cc1cc(C)c(N2C=CN(C3CCCC3)C2)c(C)c1.Cl. The predicted molar refractivity (Wildman–Crippen MR) is 88.5 cm³/mol. The first-order chi connectivity index (χ1) is 9.15. The van der Waals surface area contributed by atoms with Gasteiger partial charge in [-0.3, -0.25) is 0 Å². The predicted octanol–water partition coefficient (Wildman–Crippen LogP) is 4.53. The molecule has 110 valence electrons. The highest BCUT2D eigenvalue weighted by molar-refractivity contribution is 5.85. The summed E-state index contributed by atoms with van der Waals surface area (Å²) < 4.78 is 0. The van der Waals surface area contributed by atoms with Gasteiger partial charge < -0.3 is 9.80 Å². The molecule has 3 heteroatoms. The summed E-state index contributed by atoms with van der Waals surface area (Å²) in [6.45, 7) is 7.65. The molecule has 1 aliphatic carbocycles. The van der Waals surface area contributed by atoms with Gasteiger partial charge in [0, 0.05) is 24.1 Å². The summed E-state index contributed by atoms with van der Waals surface area (Å²) in [5, 5.41) is 0. The minimum atomic E-state index is 0. The fourth-order valence-electron chi connectivity index (χ4n) is 3.68. The first kappa shape index (κ1) is 15.2. The van der Waals surface area contributed by atoms with Crippen molar-refractivity contribution in [2.45, 2.75) is 52.5 Å². The Morgan fingerprint density at radius 3 is 2.15 bits per heavy atom. The van der Waals surface area contributed by atoms with Gasteiger partial charge >= 0.3 is 0 Å². The molecule has 1 aromatic rings. The minimum Gasteiger partial charge on any atom is -0.355 e. The third-order valence-corrected chi connectivity index (χ3v) is 4.47. The Hall–Kier alpha value is -1.15. The van der Waals surface area contributed by atoms with Crippen molar-refractivity contribution in [3.8, 4) is 0 Å². The van der Waals surface area contributed by atoms with Crippen LogP contribution in [0.15, 0.2) is 24.5 Å². The zero-order chi connectivity index (χ0) is 13.4. The van der Waals surface area contributed by atoms with Crippen LogP contribution >= 0.6 is 12.4 Å². The van der Waals surface area contributed by atoms with Gasteiger partial charge in [-0.1, -0.05) is 30.5 Å². The molecule has 1 heterocycles. The van der Waals surface area contributed by atoms with Gasteiger partial charge in [0.1, 0.15) is 0 Å². The molecule has 0 spiro atoms. The van der Waals surface area contributed by atoms with E-state index in [-0.39, 0.29) is 12.4 Å². The van der Waals surface area contributed by atoms with E-state index in [4.69, 9.17) is 0 Å². The van der Waals surface area contributed by atoms with E-state index in [9.17, 15) is 0 Å². The van der Waals surface area contributed by atoms with Gasteiger partial charge in [-0.05, 0) is 44.7 Å². The third kappa shape index (κ3) is 2.80. The molecule has 2 aliphatic rings. The van der Waals surface area contributed by atoms with E-state index in [1.165, 1.54) is 48.1 Å². The van der Waals surface area contributed by atoms with E-state index in [0.717, 1.165) is 12.7 Å². The van der Waals surface area contributed by atoms with Crippen molar-refractivity contribution in [2.75, 3.05) is 11.6 Å². The molecule has 0 amide bonds. The number of hydrogen-bond acceptors (Lipinski definition) is 2. The molecule has 0 radical (unpaired) electrons. The van der Waals surface area contributed by atoms with E-state index in [1.807, 2.05) is 0 Å². The van der Waals surface area contributed by atoms with Crippen LogP contribution in [0.2, 0.25) is 0 Å². The molecule has 1 aromatic carbocycles. The highest BCUT2D eigenvalue weighted by Crippen LogP contribution is 2.32. The second kappa shape index (κ2) is 6.09. The Labute approximate surface area is 128 Å². The topological polar surface area (TPSA) is 6.48 Å². The van der Waals surface area contributed by atoms with Crippen molar-refractivity contribution in [2.24, 2.45) is 0 Å². The standard InChI is InChI=1S/C17H24N2.ClH/c1-13-10-14(2)17(15(3)11-13)19-9-8-18(12-19)16-6-4-5-7-16;/h8-11,16H,4-7,12H2,1-3H3;1H. The Balaban J connectivity index is 0.00000147. The number of nitrogens with zero attached hydrogens (tertiary/aromatic N) is 2. The fraction of sp³-hybridized carbons (Fsp3) is 0.529. The summed E-state index contributed by atoms with van der Waals surface area (Å²) in [6, 6.07) is 5.34. The summed E-state index contributed by atoms with van der Waals surface area (Å²) in [7, 11) is 0. The Morgan fingerprint density at radius 2 is 1.55 bits per heavy atom. The van der Waals surface area contributed by atoms with Crippen LogP contribution in [0.1, 0.15) is 42.4 Å². The number of halogens is 1. The molecule has 0 saturated heterocycles. The van der Waals surface area contributed by atoms with Crippen LogP contribution < -0.4 is 4.90 Å². The number of benzene rings is 1. The van der Waals surface area contributed by atoms with Crippen molar-refractivity contribution >= 4 is 18.1 Å². The molecule has 0 unspecified atom stereocenters. The molecule has 1 saturated carbocycles. The molecular weight excluding hydrogens is 268 g/mol. The summed E-state index contributed by atoms with van der Waals surface area (Å²) in [5.74, 6) is 0. The highest BCUT2D eigenvalue weighted by Gasteiger charge is 2.25. The fourth-order valence-corrected chi connectivity index (χ4v) is 3.68. The highest BCUT2D eigenvalue weighted by atomic mass is 35.5. The molecule has 0 aromatic heterocycles. The summed E-state index contributed by atoms with van der Waals surface area (Å²) >= 11 is 0. The van der Waals surface area contributed by atoms with Gasteiger partial charge in [0.15, 0.2) is 0 Å². The van der Waals surface area contributed by atoms with Crippen molar-refractivity contribution in [1.82, 2.24) is 4.90 Å². The number of anilines is 1. The molecule has 0 N–H and O–H groups in total. The maximum absolute atomic E-state index is 2.52. The number of hydrogen-bond donors (Lipinski definition) is 0. The first-order valence-corrected chi connectivity index (χ1v) is 7.44. The zero-order valence-electron chi connectivity index (χ0n) is 12.7. The summed E-state index contributed by atoms with van der Waals surface area (Å²) in [4.78, 5) is 4.92. The monoisotopic (exact) mass is 292 g/mol. The molecule has 1 fully saturated rings. The smallest absolute Gasteiger partial charge is 0.0944 e. The normalized spacial score (nSPS) is 18.8. The molecule has 0 bridgehead atoms. The van der Waals surface area contributed by atoms with Crippen LogP contribution in [0.3, 0.4) is 0 Å². The lowest BCUT2D eigenvalue weighted by molar-refractivity contribution is 0.301. The lowest BCUT2D eigenvalue weighted by atomic mass is 10.0. The van der Waals surface area contributed by atoms with Crippen molar-refractivity contribution in [3.05, 3.63) is 41.2 Å². The van der Waals surface area contributed by atoms with E-state index < -0.39 is 0 Å². The minimum absolute atomic E-state index is 0. The van der Waals surface area contributed by atoms with Gasteiger partial charge in [0.25, 0.3) is 0 Å². The molecular formula is C17H25ClN2. The Morgan fingerprint density at radius 1 is 0.950 bits per heavy atom. The largest absolute Gasteiger partial charge is 0.355 e. The first-order valence-electron chi connectivity index (χ1n) is 7.44.